The molecule has 0 aliphatic rings. The van der Waals surface area contributed by atoms with Crippen molar-refractivity contribution in [1.29, 1.82) is 0 Å². The van der Waals surface area contributed by atoms with Gasteiger partial charge >= 0.3 is 5.69 Å². The minimum Gasteiger partial charge on any atom is -0.493 e. The van der Waals surface area contributed by atoms with Gasteiger partial charge in [0.15, 0.2) is 22.3 Å². The van der Waals surface area contributed by atoms with Gasteiger partial charge < -0.3 is 14.0 Å². The van der Waals surface area contributed by atoms with Crippen molar-refractivity contribution < 1.29 is 22.3 Å². The lowest BCUT2D eigenvalue weighted by Gasteiger charge is -2.15. The summed E-state index contributed by atoms with van der Waals surface area (Å²) in [6.07, 6.45) is 3.47. The molecular formula is C22H24FN5O5S. The molecule has 0 saturated carbocycles. The Labute approximate surface area is 195 Å². The molecule has 2 aromatic heterocycles. The summed E-state index contributed by atoms with van der Waals surface area (Å²) in [4.78, 5) is 16.3. The Morgan fingerprint density at radius 1 is 1.06 bits per heavy atom. The Kier molecular flexibility index (Phi) is 6.09. The summed E-state index contributed by atoms with van der Waals surface area (Å²) in [5.41, 5.74) is 0.631. The summed E-state index contributed by atoms with van der Waals surface area (Å²) in [5, 5.41) is -0.204. The van der Waals surface area contributed by atoms with Crippen LogP contribution in [0.3, 0.4) is 0 Å². The van der Waals surface area contributed by atoms with Crippen molar-refractivity contribution in [3.05, 3.63) is 59.2 Å². The molecule has 0 amide bonds. The van der Waals surface area contributed by atoms with Crippen LogP contribution < -0.4 is 19.9 Å². The van der Waals surface area contributed by atoms with Crippen LogP contribution in [0.4, 0.5) is 10.1 Å². The van der Waals surface area contributed by atoms with E-state index in [1.165, 1.54) is 56.6 Å². The minimum absolute atomic E-state index is 0.000234. The Bertz CT molecular complexity index is 1540. The molecule has 4 aromatic rings. The van der Waals surface area contributed by atoms with E-state index < -0.39 is 15.8 Å². The number of imidazole rings is 2. The van der Waals surface area contributed by atoms with Gasteiger partial charge in [-0.3, -0.25) is 13.9 Å². The second-order valence-corrected chi connectivity index (χ2v) is 9.39. The molecule has 0 spiro atoms. The van der Waals surface area contributed by atoms with E-state index in [2.05, 4.69) is 9.71 Å². The monoisotopic (exact) mass is 489 g/mol. The van der Waals surface area contributed by atoms with E-state index in [1.54, 1.807) is 21.1 Å². The lowest BCUT2D eigenvalue weighted by Crippen LogP contribution is -2.19. The summed E-state index contributed by atoms with van der Waals surface area (Å²) < 4.78 is 58.5. The molecule has 180 valence electrons. The summed E-state index contributed by atoms with van der Waals surface area (Å²) in [5.74, 6) is -0.418. The number of rotatable bonds is 8. The largest absolute Gasteiger partial charge is 0.493 e. The first-order valence-electron chi connectivity index (χ1n) is 10.4. The summed E-state index contributed by atoms with van der Waals surface area (Å²) in [6.45, 7) is 2.39. The van der Waals surface area contributed by atoms with Crippen molar-refractivity contribution in [2.75, 3.05) is 11.3 Å². The van der Waals surface area contributed by atoms with Crippen LogP contribution in [0.2, 0.25) is 0 Å². The number of ether oxygens (including phenoxy) is 2. The average Bonchev–Trinajstić information content (AvgIpc) is 3.33. The van der Waals surface area contributed by atoms with E-state index in [-0.39, 0.29) is 27.9 Å². The molecule has 4 rings (SSSR count). The van der Waals surface area contributed by atoms with E-state index >= 15 is 0 Å². The first kappa shape index (κ1) is 23.4. The predicted molar refractivity (Wildman–Crippen MR) is 124 cm³/mol. The Hall–Kier alpha value is -3.80. The van der Waals surface area contributed by atoms with E-state index in [4.69, 9.17) is 9.47 Å². The summed E-state index contributed by atoms with van der Waals surface area (Å²) in [6, 6.07) is 7.01. The number of fused-ring (bicyclic) bond motifs is 1. The topological polar surface area (TPSA) is 109 Å². The number of anilines is 1. The number of aromatic nitrogens is 4. The highest BCUT2D eigenvalue weighted by atomic mass is 32.2. The predicted octanol–water partition coefficient (Wildman–Crippen LogP) is 3.13. The van der Waals surface area contributed by atoms with Crippen molar-refractivity contribution in [1.82, 2.24) is 18.7 Å². The van der Waals surface area contributed by atoms with Crippen LogP contribution in [-0.2, 0) is 31.2 Å². The quantitative estimate of drug-likeness (QED) is 0.407. The summed E-state index contributed by atoms with van der Waals surface area (Å²) in [7, 11) is 0.686. The zero-order valence-corrected chi connectivity index (χ0v) is 19.9. The highest BCUT2D eigenvalue weighted by Gasteiger charge is 2.22. The second-order valence-electron chi connectivity index (χ2n) is 7.76. The fraction of sp³-hybridized carbons (Fsp3) is 0.273. The maximum Gasteiger partial charge on any atom is 0.328 e. The molecule has 0 aliphatic carbocycles. The van der Waals surface area contributed by atoms with Crippen LogP contribution in [0.15, 0.2) is 52.7 Å². The van der Waals surface area contributed by atoms with Gasteiger partial charge in [-0.05, 0) is 24.6 Å². The Balaban J connectivity index is 1.83. The second kappa shape index (κ2) is 8.86. The van der Waals surface area contributed by atoms with Gasteiger partial charge in [-0.1, -0.05) is 6.92 Å². The molecule has 0 atom stereocenters. The first-order valence-corrected chi connectivity index (χ1v) is 11.9. The van der Waals surface area contributed by atoms with E-state index in [0.717, 1.165) is 6.42 Å². The third-order valence-electron chi connectivity index (χ3n) is 5.17. The van der Waals surface area contributed by atoms with Gasteiger partial charge in [0.25, 0.3) is 10.0 Å². The molecule has 12 heteroatoms. The lowest BCUT2D eigenvalue weighted by molar-refractivity contribution is 0.314. The molecular weight excluding hydrogens is 465 g/mol. The van der Waals surface area contributed by atoms with Crippen molar-refractivity contribution in [3.8, 4) is 17.2 Å². The van der Waals surface area contributed by atoms with Crippen molar-refractivity contribution in [2.45, 2.75) is 18.4 Å². The van der Waals surface area contributed by atoms with Crippen LogP contribution in [0.1, 0.15) is 13.3 Å². The van der Waals surface area contributed by atoms with Gasteiger partial charge in [0.2, 0.25) is 0 Å². The summed E-state index contributed by atoms with van der Waals surface area (Å²) >= 11 is 0. The van der Waals surface area contributed by atoms with Gasteiger partial charge in [0.1, 0.15) is 5.75 Å². The van der Waals surface area contributed by atoms with Crippen molar-refractivity contribution in [2.24, 2.45) is 21.1 Å². The van der Waals surface area contributed by atoms with Gasteiger partial charge in [0.05, 0.1) is 29.7 Å². The van der Waals surface area contributed by atoms with Gasteiger partial charge in [-0.15, -0.1) is 0 Å². The number of sulfonamides is 1. The molecule has 0 saturated heterocycles. The number of hydrogen-bond donors (Lipinski definition) is 1. The fourth-order valence-electron chi connectivity index (χ4n) is 3.40. The van der Waals surface area contributed by atoms with Gasteiger partial charge in [-0.25, -0.2) is 14.2 Å². The Morgan fingerprint density at radius 2 is 1.76 bits per heavy atom. The van der Waals surface area contributed by atoms with Crippen LogP contribution in [-0.4, -0.2) is 33.7 Å². The van der Waals surface area contributed by atoms with E-state index in [9.17, 15) is 17.6 Å². The van der Waals surface area contributed by atoms with E-state index in [0.29, 0.717) is 23.4 Å². The minimum atomic E-state index is -4.10. The molecule has 2 aromatic carbocycles. The normalized spacial score (nSPS) is 11.7. The third-order valence-corrected chi connectivity index (χ3v) is 6.42. The molecule has 0 unspecified atom stereocenters. The van der Waals surface area contributed by atoms with Gasteiger partial charge in [-0.2, -0.15) is 8.42 Å². The fourth-order valence-corrected chi connectivity index (χ4v) is 4.45. The maximum atomic E-state index is 14.6. The Morgan fingerprint density at radius 3 is 2.41 bits per heavy atom. The lowest BCUT2D eigenvalue weighted by atomic mass is 10.2. The molecule has 34 heavy (non-hydrogen) atoms. The molecule has 0 aliphatic heterocycles. The smallest absolute Gasteiger partial charge is 0.328 e. The van der Waals surface area contributed by atoms with Crippen LogP contribution >= 0.6 is 0 Å². The maximum absolute atomic E-state index is 14.6. The highest BCUT2D eigenvalue weighted by molar-refractivity contribution is 7.92. The van der Waals surface area contributed by atoms with Gasteiger partial charge in [0, 0.05) is 39.5 Å². The van der Waals surface area contributed by atoms with Crippen LogP contribution in [0, 0.1) is 5.82 Å². The molecule has 0 bridgehead atoms. The van der Waals surface area contributed by atoms with Crippen LogP contribution in [0.5, 0.6) is 17.2 Å². The molecule has 1 N–H and O–H groups in total. The number of halogens is 1. The number of aryl methyl sites for hydroxylation is 3. The number of benzene rings is 2. The third kappa shape index (κ3) is 4.36. The number of nitrogens with zero attached hydrogens (tertiary/aromatic N) is 4. The van der Waals surface area contributed by atoms with Crippen molar-refractivity contribution in [3.63, 3.8) is 0 Å². The first-order chi connectivity index (χ1) is 16.1. The van der Waals surface area contributed by atoms with E-state index in [1.807, 2.05) is 6.92 Å². The molecule has 10 nitrogen and oxygen atoms in total. The zero-order chi connectivity index (χ0) is 24.6. The highest BCUT2D eigenvalue weighted by Crippen LogP contribution is 2.37. The average molecular weight is 490 g/mol. The molecule has 0 radical (unpaired) electrons. The zero-order valence-electron chi connectivity index (χ0n) is 19.1. The molecule has 2 heterocycles. The van der Waals surface area contributed by atoms with Crippen LogP contribution in [0.25, 0.3) is 11.0 Å². The molecule has 0 fully saturated rings. The standard InChI is InChI=1S/C22H24FN5O5S/c1-5-8-32-14-6-7-15(23)19(9-14)33-20-11-18-17(27(3)22(29)28(18)4)10-16(20)25-34(30,31)21-12-26(2)13-24-21/h6-7,9-13,25H,5,8H2,1-4H3. The van der Waals surface area contributed by atoms with Crippen molar-refractivity contribution >= 4 is 26.7 Å². The number of nitrogens with one attached hydrogen (secondary N) is 1. The SMILES string of the molecule is CCCOc1ccc(F)c(Oc2cc3c(cc2NS(=O)(=O)c2cn(C)cn2)n(C)c(=O)n3C)c1. The number of hydrogen-bond acceptors (Lipinski definition) is 6.